The number of esters is 1. The van der Waals surface area contributed by atoms with Crippen LogP contribution in [-0.4, -0.2) is 17.9 Å². The lowest BCUT2D eigenvalue weighted by atomic mass is 9.75. The Bertz CT molecular complexity index is 678. The van der Waals surface area contributed by atoms with Crippen molar-refractivity contribution < 1.29 is 14.3 Å². The summed E-state index contributed by atoms with van der Waals surface area (Å²) in [5, 5.41) is 0. The maximum absolute atomic E-state index is 12.6. The molecule has 1 aromatic carbocycles. The SMILES string of the molecule is Cc1cccc(CCC(=O)[C@H]2C[C@@H]2C(=O)OC2CC(C)CCC2C(C)C)c1. The molecular formula is C24H34O3. The van der Waals surface area contributed by atoms with Crippen LogP contribution in [0.1, 0.15) is 64.0 Å². The molecule has 3 unspecified atom stereocenters. The smallest absolute Gasteiger partial charge is 0.309 e. The fourth-order valence-corrected chi connectivity index (χ4v) is 4.62. The molecule has 3 rings (SSSR count). The van der Waals surface area contributed by atoms with E-state index in [9.17, 15) is 9.59 Å². The lowest BCUT2D eigenvalue weighted by Gasteiger charge is -2.36. The van der Waals surface area contributed by atoms with E-state index in [2.05, 4.69) is 45.9 Å². The van der Waals surface area contributed by atoms with Crippen molar-refractivity contribution >= 4 is 11.8 Å². The Hall–Kier alpha value is -1.64. The number of benzene rings is 1. The number of ketones is 1. The van der Waals surface area contributed by atoms with Gasteiger partial charge < -0.3 is 4.74 Å². The number of hydrogen-bond donors (Lipinski definition) is 0. The van der Waals surface area contributed by atoms with Gasteiger partial charge in [-0.3, -0.25) is 9.59 Å². The number of Topliss-reactive ketones (excluding diaryl/α,β-unsaturated/α-hetero) is 1. The van der Waals surface area contributed by atoms with Crippen molar-refractivity contribution in [1.29, 1.82) is 0 Å². The highest BCUT2D eigenvalue weighted by atomic mass is 16.5. The highest BCUT2D eigenvalue weighted by Crippen LogP contribution is 2.43. The topological polar surface area (TPSA) is 43.4 Å². The van der Waals surface area contributed by atoms with Crippen LogP contribution in [0.2, 0.25) is 0 Å². The standard InChI is InChI=1S/C24H34O3/c1-15(2)19-10-8-17(4)13-23(19)27-24(26)21-14-20(21)22(25)11-9-18-7-5-6-16(3)12-18/h5-7,12,15,17,19-21,23H,8-11,13-14H2,1-4H3/t17?,19?,20-,21-,23?/m0/s1. The van der Waals surface area contributed by atoms with Gasteiger partial charge in [-0.15, -0.1) is 0 Å². The minimum atomic E-state index is -0.194. The van der Waals surface area contributed by atoms with Gasteiger partial charge in [0.25, 0.3) is 0 Å². The van der Waals surface area contributed by atoms with Gasteiger partial charge in [-0.2, -0.15) is 0 Å². The Morgan fingerprint density at radius 1 is 1.15 bits per heavy atom. The quantitative estimate of drug-likeness (QED) is 0.624. The van der Waals surface area contributed by atoms with E-state index >= 15 is 0 Å². The van der Waals surface area contributed by atoms with Crippen LogP contribution in [0.3, 0.4) is 0 Å². The summed E-state index contributed by atoms with van der Waals surface area (Å²) in [4.78, 5) is 25.1. The summed E-state index contributed by atoms with van der Waals surface area (Å²) < 4.78 is 5.93. The first-order chi connectivity index (χ1) is 12.8. The van der Waals surface area contributed by atoms with Gasteiger partial charge in [0.2, 0.25) is 0 Å². The molecule has 2 aliphatic rings. The number of hydrogen-bond acceptors (Lipinski definition) is 3. The van der Waals surface area contributed by atoms with Crippen molar-refractivity contribution in [2.45, 2.75) is 72.3 Å². The Labute approximate surface area is 163 Å². The van der Waals surface area contributed by atoms with E-state index < -0.39 is 0 Å². The zero-order valence-corrected chi connectivity index (χ0v) is 17.2. The van der Waals surface area contributed by atoms with Gasteiger partial charge in [0.05, 0.1) is 5.92 Å². The highest BCUT2D eigenvalue weighted by molar-refractivity contribution is 5.91. The third-order valence-electron chi connectivity index (χ3n) is 6.48. The normalized spacial score (nSPS) is 30.2. The summed E-state index contributed by atoms with van der Waals surface area (Å²) in [6.07, 6.45) is 5.32. The molecular weight excluding hydrogens is 336 g/mol. The zero-order valence-electron chi connectivity index (χ0n) is 17.2. The van der Waals surface area contributed by atoms with Gasteiger partial charge in [-0.05, 0) is 55.9 Å². The minimum absolute atomic E-state index is 0.0323. The summed E-state index contributed by atoms with van der Waals surface area (Å²) in [6.45, 7) is 8.74. The van der Waals surface area contributed by atoms with Gasteiger partial charge in [0.15, 0.2) is 0 Å². The van der Waals surface area contributed by atoms with Crippen molar-refractivity contribution in [3.63, 3.8) is 0 Å². The predicted molar refractivity (Wildman–Crippen MR) is 107 cm³/mol. The van der Waals surface area contributed by atoms with Gasteiger partial charge in [0, 0.05) is 12.3 Å². The van der Waals surface area contributed by atoms with Crippen LogP contribution in [0.5, 0.6) is 0 Å². The van der Waals surface area contributed by atoms with Crippen LogP contribution < -0.4 is 0 Å². The Balaban J connectivity index is 1.48. The molecule has 0 bridgehead atoms. The molecule has 148 valence electrons. The van der Waals surface area contributed by atoms with Gasteiger partial charge in [-0.1, -0.05) is 57.0 Å². The molecule has 2 fully saturated rings. The minimum Gasteiger partial charge on any atom is -0.462 e. The fourth-order valence-electron chi connectivity index (χ4n) is 4.62. The molecule has 3 nitrogen and oxygen atoms in total. The monoisotopic (exact) mass is 370 g/mol. The molecule has 2 saturated carbocycles. The van der Waals surface area contributed by atoms with Crippen LogP contribution in [0.4, 0.5) is 0 Å². The molecule has 0 aliphatic heterocycles. The van der Waals surface area contributed by atoms with Gasteiger partial charge in [-0.25, -0.2) is 0 Å². The molecule has 1 aromatic rings. The molecule has 0 saturated heterocycles. The van der Waals surface area contributed by atoms with Crippen molar-refractivity contribution in [2.24, 2.45) is 29.6 Å². The van der Waals surface area contributed by atoms with Crippen molar-refractivity contribution in [2.75, 3.05) is 0 Å². The molecule has 0 amide bonds. The van der Waals surface area contributed by atoms with Crippen LogP contribution in [0, 0.1) is 36.5 Å². The van der Waals surface area contributed by atoms with Crippen LogP contribution >= 0.6 is 0 Å². The molecule has 0 aromatic heterocycles. The maximum atomic E-state index is 12.6. The third-order valence-corrected chi connectivity index (χ3v) is 6.48. The number of carbonyl (C=O) groups excluding carboxylic acids is 2. The molecule has 0 spiro atoms. The molecule has 3 heteroatoms. The van der Waals surface area contributed by atoms with Gasteiger partial charge in [0.1, 0.15) is 11.9 Å². The lowest BCUT2D eigenvalue weighted by molar-refractivity contribution is -0.158. The van der Waals surface area contributed by atoms with E-state index in [-0.39, 0.29) is 29.7 Å². The molecule has 0 radical (unpaired) electrons. The van der Waals surface area contributed by atoms with E-state index in [4.69, 9.17) is 4.74 Å². The Morgan fingerprint density at radius 3 is 2.63 bits per heavy atom. The predicted octanol–water partition coefficient (Wildman–Crippen LogP) is 5.14. The average Bonchev–Trinajstić information content (AvgIpc) is 3.40. The molecule has 0 N–H and O–H groups in total. The second-order valence-electron chi connectivity index (χ2n) is 9.21. The first kappa shape index (κ1) is 20.1. The van der Waals surface area contributed by atoms with Crippen molar-refractivity contribution in [1.82, 2.24) is 0 Å². The third kappa shape index (κ3) is 5.21. The Morgan fingerprint density at radius 2 is 1.93 bits per heavy atom. The summed E-state index contributed by atoms with van der Waals surface area (Å²) in [6, 6.07) is 8.29. The second-order valence-corrected chi connectivity index (χ2v) is 9.21. The molecule has 2 aliphatic carbocycles. The summed E-state index contributed by atoms with van der Waals surface area (Å²) in [5.74, 6) is 1.38. The van der Waals surface area contributed by atoms with E-state index in [1.165, 1.54) is 17.5 Å². The fraction of sp³-hybridized carbons (Fsp3) is 0.667. The lowest BCUT2D eigenvalue weighted by Crippen LogP contribution is -2.36. The average molecular weight is 371 g/mol. The summed E-state index contributed by atoms with van der Waals surface area (Å²) in [7, 11) is 0. The van der Waals surface area contributed by atoms with E-state index in [0.29, 0.717) is 30.6 Å². The van der Waals surface area contributed by atoms with Gasteiger partial charge >= 0.3 is 5.97 Å². The Kier molecular flexibility index (Phi) is 6.39. The summed E-state index contributed by atoms with van der Waals surface area (Å²) >= 11 is 0. The first-order valence-electron chi connectivity index (χ1n) is 10.6. The molecule has 0 heterocycles. The molecule has 5 atom stereocenters. The van der Waals surface area contributed by atoms with Crippen molar-refractivity contribution in [3.8, 4) is 0 Å². The number of carbonyl (C=O) groups is 2. The number of ether oxygens (including phenoxy) is 1. The second kappa shape index (κ2) is 8.58. The first-order valence-corrected chi connectivity index (χ1v) is 10.6. The largest absolute Gasteiger partial charge is 0.462 e. The highest BCUT2D eigenvalue weighted by Gasteiger charge is 2.49. The maximum Gasteiger partial charge on any atom is 0.309 e. The van der Waals surface area contributed by atoms with Crippen LogP contribution in [0.25, 0.3) is 0 Å². The molecule has 27 heavy (non-hydrogen) atoms. The van der Waals surface area contributed by atoms with E-state index in [1.54, 1.807) is 0 Å². The number of aryl methyl sites for hydroxylation is 2. The summed E-state index contributed by atoms with van der Waals surface area (Å²) in [5.41, 5.74) is 2.41. The zero-order chi connectivity index (χ0) is 19.6. The van der Waals surface area contributed by atoms with Crippen LogP contribution in [0.15, 0.2) is 24.3 Å². The van der Waals surface area contributed by atoms with E-state index in [0.717, 1.165) is 19.3 Å². The van der Waals surface area contributed by atoms with E-state index in [1.807, 2.05) is 6.07 Å². The number of rotatable bonds is 7. The van der Waals surface area contributed by atoms with Crippen molar-refractivity contribution in [3.05, 3.63) is 35.4 Å². The van der Waals surface area contributed by atoms with Crippen LogP contribution in [-0.2, 0) is 20.7 Å².